The number of hydrogen-bond acceptors (Lipinski definition) is 4. The van der Waals surface area contributed by atoms with E-state index in [-0.39, 0.29) is 17.1 Å². The molecule has 0 bridgehead atoms. The minimum absolute atomic E-state index is 0.276. The summed E-state index contributed by atoms with van der Waals surface area (Å²) < 4.78 is 6.60. The van der Waals surface area contributed by atoms with Crippen molar-refractivity contribution in [2.75, 3.05) is 7.11 Å². The topological polar surface area (TPSA) is 80.6 Å². The van der Waals surface area contributed by atoms with Gasteiger partial charge in [-0.2, -0.15) is 0 Å². The zero-order valence-electron chi connectivity index (χ0n) is 18.2. The first-order chi connectivity index (χ1) is 13.7. The number of esters is 1. The Balaban J connectivity index is 2.50. The third-order valence-corrected chi connectivity index (χ3v) is 5.88. The van der Waals surface area contributed by atoms with Crippen molar-refractivity contribution in [3.63, 3.8) is 0 Å². The number of nitrogens with one attached hydrogen (secondary N) is 1. The number of aryl methyl sites for hydroxylation is 2. The first-order valence-electron chi connectivity index (χ1n) is 10.1. The van der Waals surface area contributed by atoms with Crippen LogP contribution in [0.15, 0.2) is 30.5 Å². The Bertz CT molecular complexity index is 881. The average Bonchev–Trinajstić information content (AvgIpc) is 3.16. The molecule has 0 saturated carbocycles. The maximum absolute atomic E-state index is 12.8. The van der Waals surface area contributed by atoms with Gasteiger partial charge in [0.2, 0.25) is 0 Å². The summed E-state index contributed by atoms with van der Waals surface area (Å²) in [5.74, 6) is -0.513. The summed E-state index contributed by atoms with van der Waals surface area (Å²) in [5.41, 5.74) is 3.22. The molecule has 0 saturated heterocycles. The highest BCUT2D eigenvalue weighted by Gasteiger charge is 2.33. The quantitative estimate of drug-likeness (QED) is 0.658. The number of ether oxygens (including phenoxy) is 1. The standard InChI is InChI=1S/C23H32N2O4/c1-7-23(8-2,17-10-11-20(26)15(4)12-17)18-13-19(25(9-3)14-18)21(27)24-16(5)22(28)29-6/h10-14,16,26H,7-9H2,1-6H3,(H,24,27). The van der Waals surface area contributed by atoms with Crippen LogP contribution in [-0.2, 0) is 21.5 Å². The molecule has 1 unspecified atom stereocenters. The molecule has 6 heteroatoms. The van der Waals surface area contributed by atoms with Gasteiger partial charge >= 0.3 is 5.97 Å². The summed E-state index contributed by atoms with van der Waals surface area (Å²) in [6.07, 6.45) is 3.72. The maximum Gasteiger partial charge on any atom is 0.328 e. The minimum Gasteiger partial charge on any atom is -0.508 e. The van der Waals surface area contributed by atoms with Gasteiger partial charge in [0, 0.05) is 18.2 Å². The number of carbonyl (C=O) groups is 2. The van der Waals surface area contributed by atoms with Gasteiger partial charge in [-0.1, -0.05) is 26.0 Å². The highest BCUT2D eigenvalue weighted by atomic mass is 16.5. The Hall–Kier alpha value is -2.76. The highest BCUT2D eigenvalue weighted by molar-refractivity contribution is 5.95. The van der Waals surface area contributed by atoms with Gasteiger partial charge in [0.05, 0.1) is 7.11 Å². The lowest BCUT2D eigenvalue weighted by molar-refractivity contribution is -0.142. The van der Waals surface area contributed by atoms with Crippen LogP contribution >= 0.6 is 0 Å². The molecule has 158 valence electrons. The van der Waals surface area contributed by atoms with E-state index in [4.69, 9.17) is 4.74 Å². The van der Waals surface area contributed by atoms with E-state index in [0.717, 1.165) is 29.5 Å². The first-order valence-corrected chi connectivity index (χ1v) is 10.1. The van der Waals surface area contributed by atoms with Crippen LogP contribution in [0.25, 0.3) is 0 Å². The zero-order valence-corrected chi connectivity index (χ0v) is 18.2. The number of carbonyl (C=O) groups excluding carboxylic acids is 2. The first kappa shape index (κ1) is 22.5. The van der Waals surface area contributed by atoms with Gasteiger partial charge in [0.25, 0.3) is 5.91 Å². The summed E-state index contributed by atoms with van der Waals surface area (Å²) in [5, 5.41) is 12.7. The second-order valence-electron chi connectivity index (χ2n) is 7.41. The average molecular weight is 401 g/mol. The zero-order chi connectivity index (χ0) is 21.8. The molecule has 1 amide bonds. The second-order valence-corrected chi connectivity index (χ2v) is 7.41. The largest absolute Gasteiger partial charge is 0.508 e. The van der Waals surface area contributed by atoms with Crippen LogP contribution in [0.5, 0.6) is 5.75 Å². The van der Waals surface area contributed by atoms with Crippen molar-refractivity contribution in [1.82, 2.24) is 9.88 Å². The number of methoxy groups -OCH3 is 1. The monoisotopic (exact) mass is 400 g/mol. The molecular formula is C23H32N2O4. The van der Waals surface area contributed by atoms with Crippen molar-refractivity contribution in [2.45, 2.75) is 65.5 Å². The van der Waals surface area contributed by atoms with Crippen molar-refractivity contribution < 1.29 is 19.4 Å². The van der Waals surface area contributed by atoms with E-state index in [9.17, 15) is 14.7 Å². The molecule has 0 spiro atoms. The van der Waals surface area contributed by atoms with E-state index in [1.807, 2.05) is 42.8 Å². The molecule has 1 aromatic heterocycles. The van der Waals surface area contributed by atoms with Gasteiger partial charge < -0.3 is 19.7 Å². The summed E-state index contributed by atoms with van der Waals surface area (Å²) >= 11 is 0. The van der Waals surface area contributed by atoms with Crippen LogP contribution in [0.1, 0.15) is 67.7 Å². The molecule has 2 rings (SSSR count). The molecule has 1 atom stereocenters. The van der Waals surface area contributed by atoms with Gasteiger partial charge in [-0.25, -0.2) is 4.79 Å². The molecule has 0 aliphatic carbocycles. The number of hydrogen-bond donors (Lipinski definition) is 2. The number of amides is 1. The van der Waals surface area contributed by atoms with Crippen molar-refractivity contribution in [3.8, 4) is 5.75 Å². The van der Waals surface area contributed by atoms with Crippen molar-refractivity contribution in [3.05, 3.63) is 52.8 Å². The van der Waals surface area contributed by atoms with Gasteiger partial charge in [0.1, 0.15) is 17.5 Å². The van der Waals surface area contributed by atoms with Gasteiger partial charge in [-0.05, 0) is 62.4 Å². The van der Waals surface area contributed by atoms with E-state index >= 15 is 0 Å². The molecule has 29 heavy (non-hydrogen) atoms. The molecule has 6 nitrogen and oxygen atoms in total. The predicted molar refractivity (Wildman–Crippen MR) is 113 cm³/mol. The lowest BCUT2D eigenvalue weighted by Gasteiger charge is -2.32. The summed E-state index contributed by atoms with van der Waals surface area (Å²) in [6.45, 7) is 10.4. The fourth-order valence-electron chi connectivity index (χ4n) is 3.92. The second kappa shape index (κ2) is 9.16. The van der Waals surface area contributed by atoms with E-state index in [1.165, 1.54) is 7.11 Å². The van der Waals surface area contributed by atoms with Gasteiger partial charge in [0.15, 0.2) is 0 Å². The Kier molecular flexibility index (Phi) is 7.11. The lowest BCUT2D eigenvalue weighted by atomic mass is 9.71. The molecule has 2 N–H and O–H groups in total. The van der Waals surface area contributed by atoms with E-state index in [1.54, 1.807) is 13.0 Å². The number of rotatable bonds is 8. The molecule has 2 aromatic rings. The van der Waals surface area contributed by atoms with Crippen LogP contribution in [-0.4, -0.2) is 34.7 Å². The Morgan fingerprint density at radius 3 is 2.34 bits per heavy atom. The third-order valence-electron chi connectivity index (χ3n) is 5.88. The third kappa shape index (κ3) is 4.31. The van der Waals surface area contributed by atoms with Gasteiger partial charge in [-0.15, -0.1) is 0 Å². The maximum atomic E-state index is 12.8. The predicted octanol–water partition coefficient (Wildman–Crippen LogP) is 3.92. The van der Waals surface area contributed by atoms with E-state index < -0.39 is 12.0 Å². The molecule has 0 aliphatic rings. The fraction of sp³-hybridized carbons (Fsp3) is 0.478. The summed E-state index contributed by atoms with van der Waals surface area (Å²) in [4.78, 5) is 24.5. The number of benzene rings is 1. The van der Waals surface area contributed by atoms with Crippen LogP contribution in [0.4, 0.5) is 0 Å². The number of aromatic hydroxyl groups is 1. The Morgan fingerprint density at radius 2 is 1.83 bits per heavy atom. The smallest absolute Gasteiger partial charge is 0.328 e. The van der Waals surface area contributed by atoms with Gasteiger partial charge in [-0.3, -0.25) is 4.79 Å². The Morgan fingerprint density at radius 1 is 1.17 bits per heavy atom. The van der Waals surface area contributed by atoms with Crippen LogP contribution in [0.2, 0.25) is 0 Å². The van der Waals surface area contributed by atoms with Crippen molar-refractivity contribution >= 4 is 11.9 Å². The van der Waals surface area contributed by atoms with E-state index in [2.05, 4.69) is 19.2 Å². The van der Waals surface area contributed by atoms with Crippen molar-refractivity contribution in [1.29, 1.82) is 0 Å². The molecule has 0 radical (unpaired) electrons. The fourth-order valence-corrected chi connectivity index (χ4v) is 3.92. The number of aromatic nitrogens is 1. The minimum atomic E-state index is -0.724. The number of phenols is 1. The lowest BCUT2D eigenvalue weighted by Crippen LogP contribution is -2.39. The van der Waals surface area contributed by atoms with Crippen LogP contribution in [0.3, 0.4) is 0 Å². The highest BCUT2D eigenvalue weighted by Crippen LogP contribution is 2.41. The molecule has 1 aromatic carbocycles. The molecule has 0 fully saturated rings. The summed E-state index contributed by atoms with van der Waals surface area (Å²) in [6, 6.07) is 6.89. The summed E-state index contributed by atoms with van der Waals surface area (Å²) in [7, 11) is 1.30. The Labute approximate surface area is 172 Å². The number of nitrogens with zero attached hydrogens (tertiary/aromatic N) is 1. The molecule has 0 aliphatic heterocycles. The number of phenolic OH excluding ortho intramolecular Hbond substituents is 1. The van der Waals surface area contributed by atoms with Crippen molar-refractivity contribution in [2.24, 2.45) is 0 Å². The molecular weight excluding hydrogens is 368 g/mol. The molecule has 1 heterocycles. The van der Waals surface area contributed by atoms with E-state index in [0.29, 0.717) is 12.2 Å². The SMILES string of the molecule is CCn1cc(C(CC)(CC)c2ccc(O)c(C)c2)cc1C(=O)NC(C)C(=O)OC. The van der Waals surface area contributed by atoms with Crippen LogP contribution < -0.4 is 5.32 Å². The van der Waals surface area contributed by atoms with Crippen LogP contribution in [0, 0.1) is 6.92 Å². The normalized spacial score (nSPS) is 12.5.